The van der Waals surface area contributed by atoms with Crippen LogP contribution in [-0.4, -0.2) is 29.6 Å². The summed E-state index contributed by atoms with van der Waals surface area (Å²) < 4.78 is 0. The molecule has 0 aromatic heterocycles. The predicted molar refractivity (Wildman–Crippen MR) is 55.6 cm³/mol. The number of hydrogen-bond acceptors (Lipinski definition) is 2. The molecule has 1 unspecified atom stereocenters. The zero-order chi connectivity index (χ0) is 9.69. The van der Waals surface area contributed by atoms with Gasteiger partial charge in [-0.2, -0.15) is 0 Å². The van der Waals surface area contributed by atoms with Crippen LogP contribution in [0.15, 0.2) is 0 Å². The normalized spacial score (nSPS) is 33.7. The lowest BCUT2D eigenvalue weighted by atomic mass is 9.90. The minimum Gasteiger partial charge on any atom is -0.327 e. The van der Waals surface area contributed by atoms with Crippen molar-refractivity contribution in [1.29, 1.82) is 0 Å². The summed E-state index contributed by atoms with van der Waals surface area (Å²) in [5.41, 5.74) is 6.89. The fourth-order valence-electron chi connectivity index (χ4n) is 2.58. The molecule has 0 radical (unpaired) electrons. The molecule has 1 saturated heterocycles. The summed E-state index contributed by atoms with van der Waals surface area (Å²) in [6, 6.07) is 0.523. The van der Waals surface area contributed by atoms with E-state index in [0.717, 1.165) is 0 Å². The van der Waals surface area contributed by atoms with Crippen molar-refractivity contribution in [3.05, 3.63) is 0 Å². The molecule has 1 aliphatic heterocycles. The summed E-state index contributed by atoms with van der Waals surface area (Å²) in [6.45, 7) is 9.40. The standard InChI is InChI=1S/C11H22N2/c1-10(2,3)13-6-4-11(5-7-13)8-9(11)12/h9H,4-8,12H2,1-3H3. The van der Waals surface area contributed by atoms with Gasteiger partial charge in [-0.25, -0.2) is 0 Å². The van der Waals surface area contributed by atoms with Crippen LogP contribution in [0.3, 0.4) is 0 Å². The Morgan fingerprint density at radius 2 is 1.69 bits per heavy atom. The highest BCUT2D eigenvalue weighted by molar-refractivity contribution is 5.08. The molecule has 2 aliphatic rings. The van der Waals surface area contributed by atoms with Crippen molar-refractivity contribution in [2.75, 3.05) is 13.1 Å². The van der Waals surface area contributed by atoms with Gasteiger partial charge in [-0.05, 0) is 58.5 Å². The quantitative estimate of drug-likeness (QED) is 0.616. The molecule has 1 atom stereocenters. The van der Waals surface area contributed by atoms with Crippen LogP contribution in [0.25, 0.3) is 0 Å². The SMILES string of the molecule is CC(C)(C)N1CCC2(CC1)CC2N. The summed E-state index contributed by atoms with van der Waals surface area (Å²) in [4.78, 5) is 2.59. The molecule has 13 heavy (non-hydrogen) atoms. The van der Waals surface area contributed by atoms with E-state index in [1.54, 1.807) is 0 Å². The first kappa shape index (κ1) is 9.47. The van der Waals surface area contributed by atoms with Gasteiger partial charge in [0, 0.05) is 11.6 Å². The number of likely N-dealkylation sites (tertiary alicyclic amines) is 1. The van der Waals surface area contributed by atoms with E-state index in [-0.39, 0.29) is 0 Å². The van der Waals surface area contributed by atoms with Crippen LogP contribution in [0.4, 0.5) is 0 Å². The van der Waals surface area contributed by atoms with E-state index in [0.29, 0.717) is 17.0 Å². The molecule has 2 fully saturated rings. The third-order valence-electron chi connectivity index (χ3n) is 3.96. The van der Waals surface area contributed by atoms with Crippen LogP contribution in [0.1, 0.15) is 40.0 Å². The maximum atomic E-state index is 5.97. The van der Waals surface area contributed by atoms with Gasteiger partial charge in [0.15, 0.2) is 0 Å². The second-order valence-electron chi connectivity index (χ2n) is 5.83. The molecular formula is C11H22N2. The molecule has 76 valence electrons. The van der Waals surface area contributed by atoms with Gasteiger partial charge in [0.1, 0.15) is 0 Å². The van der Waals surface area contributed by atoms with E-state index in [9.17, 15) is 0 Å². The van der Waals surface area contributed by atoms with Gasteiger partial charge in [0.25, 0.3) is 0 Å². The highest BCUT2D eigenvalue weighted by Crippen LogP contribution is 2.52. The molecule has 0 bridgehead atoms. The van der Waals surface area contributed by atoms with Crippen LogP contribution < -0.4 is 5.73 Å². The Labute approximate surface area is 81.5 Å². The number of nitrogens with zero attached hydrogens (tertiary/aromatic N) is 1. The van der Waals surface area contributed by atoms with Crippen molar-refractivity contribution in [2.24, 2.45) is 11.1 Å². The molecule has 2 nitrogen and oxygen atoms in total. The summed E-state index contributed by atoms with van der Waals surface area (Å²) in [5, 5.41) is 0. The fraction of sp³-hybridized carbons (Fsp3) is 1.00. The first-order valence-corrected chi connectivity index (χ1v) is 5.45. The third-order valence-corrected chi connectivity index (χ3v) is 3.96. The lowest BCUT2D eigenvalue weighted by molar-refractivity contribution is 0.0791. The van der Waals surface area contributed by atoms with Crippen molar-refractivity contribution in [2.45, 2.75) is 51.6 Å². The van der Waals surface area contributed by atoms with Gasteiger partial charge in [-0.1, -0.05) is 0 Å². The molecule has 1 heterocycles. The zero-order valence-corrected chi connectivity index (χ0v) is 9.14. The second kappa shape index (κ2) is 2.71. The average Bonchev–Trinajstić information content (AvgIpc) is 2.60. The highest BCUT2D eigenvalue weighted by atomic mass is 15.2. The van der Waals surface area contributed by atoms with Crippen LogP contribution in [-0.2, 0) is 0 Å². The van der Waals surface area contributed by atoms with Gasteiger partial charge >= 0.3 is 0 Å². The first-order chi connectivity index (χ1) is 5.94. The molecule has 2 N–H and O–H groups in total. The van der Waals surface area contributed by atoms with Gasteiger partial charge < -0.3 is 5.73 Å². The van der Waals surface area contributed by atoms with Crippen molar-refractivity contribution in [3.8, 4) is 0 Å². The molecule has 1 spiro atoms. The van der Waals surface area contributed by atoms with E-state index in [1.807, 2.05) is 0 Å². The Balaban J connectivity index is 1.90. The Morgan fingerprint density at radius 3 is 2.00 bits per heavy atom. The Morgan fingerprint density at radius 1 is 1.23 bits per heavy atom. The number of piperidine rings is 1. The van der Waals surface area contributed by atoms with E-state index in [1.165, 1.54) is 32.4 Å². The molecule has 2 heteroatoms. The molecule has 2 rings (SSSR count). The van der Waals surface area contributed by atoms with Crippen molar-refractivity contribution in [1.82, 2.24) is 4.90 Å². The largest absolute Gasteiger partial charge is 0.327 e. The highest BCUT2D eigenvalue weighted by Gasteiger charge is 2.53. The minimum absolute atomic E-state index is 0.348. The molecule has 0 aromatic rings. The average molecular weight is 182 g/mol. The summed E-state index contributed by atoms with van der Waals surface area (Å²) in [6.07, 6.45) is 3.93. The van der Waals surface area contributed by atoms with Crippen molar-refractivity contribution in [3.63, 3.8) is 0 Å². The van der Waals surface area contributed by atoms with E-state index in [2.05, 4.69) is 25.7 Å². The van der Waals surface area contributed by atoms with Gasteiger partial charge in [0.2, 0.25) is 0 Å². The zero-order valence-electron chi connectivity index (χ0n) is 9.14. The van der Waals surface area contributed by atoms with Crippen molar-refractivity contribution >= 4 is 0 Å². The number of hydrogen-bond donors (Lipinski definition) is 1. The summed E-state index contributed by atoms with van der Waals surface area (Å²) in [5.74, 6) is 0. The number of rotatable bonds is 0. The summed E-state index contributed by atoms with van der Waals surface area (Å²) >= 11 is 0. The van der Waals surface area contributed by atoms with Crippen LogP contribution in [0, 0.1) is 5.41 Å². The summed E-state index contributed by atoms with van der Waals surface area (Å²) in [7, 11) is 0. The van der Waals surface area contributed by atoms with E-state index >= 15 is 0 Å². The molecule has 1 aliphatic carbocycles. The Hall–Kier alpha value is -0.0800. The number of nitrogens with two attached hydrogens (primary N) is 1. The molecule has 0 amide bonds. The van der Waals surface area contributed by atoms with Crippen LogP contribution in [0.5, 0.6) is 0 Å². The van der Waals surface area contributed by atoms with Gasteiger partial charge in [0.05, 0.1) is 0 Å². The maximum absolute atomic E-state index is 5.97. The third kappa shape index (κ3) is 1.62. The van der Waals surface area contributed by atoms with E-state index < -0.39 is 0 Å². The first-order valence-electron chi connectivity index (χ1n) is 5.45. The lowest BCUT2D eigenvalue weighted by Gasteiger charge is -2.41. The lowest BCUT2D eigenvalue weighted by Crippen LogP contribution is -2.47. The second-order valence-corrected chi connectivity index (χ2v) is 5.83. The predicted octanol–water partition coefficient (Wildman–Crippen LogP) is 1.60. The Kier molecular flexibility index (Phi) is 1.97. The topological polar surface area (TPSA) is 29.3 Å². The monoisotopic (exact) mass is 182 g/mol. The maximum Gasteiger partial charge on any atom is 0.0125 e. The molecular weight excluding hydrogens is 160 g/mol. The van der Waals surface area contributed by atoms with E-state index in [4.69, 9.17) is 5.73 Å². The Bertz CT molecular complexity index is 197. The van der Waals surface area contributed by atoms with Crippen molar-refractivity contribution < 1.29 is 0 Å². The molecule has 1 saturated carbocycles. The molecule has 0 aromatic carbocycles. The smallest absolute Gasteiger partial charge is 0.0125 e. The van der Waals surface area contributed by atoms with Crippen LogP contribution in [0.2, 0.25) is 0 Å². The minimum atomic E-state index is 0.348. The van der Waals surface area contributed by atoms with Crippen LogP contribution >= 0.6 is 0 Å². The fourth-order valence-corrected chi connectivity index (χ4v) is 2.58. The van der Waals surface area contributed by atoms with Gasteiger partial charge in [-0.3, -0.25) is 4.90 Å². The van der Waals surface area contributed by atoms with Gasteiger partial charge in [-0.15, -0.1) is 0 Å².